The molecule has 0 heterocycles. The summed E-state index contributed by atoms with van der Waals surface area (Å²) in [6.07, 6.45) is 7.03. The quantitative estimate of drug-likeness (QED) is 0.716. The van der Waals surface area contributed by atoms with Gasteiger partial charge < -0.3 is 15.1 Å². The lowest BCUT2D eigenvalue weighted by molar-refractivity contribution is 0.371. The molecule has 0 amide bonds. The second-order valence-electron chi connectivity index (χ2n) is 4.33. The fourth-order valence-electron chi connectivity index (χ4n) is 1.80. The van der Waals surface area contributed by atoms with Gasteiger partial charge in [0, 0.05) is 12.2 Å². The number of hydrogen-bond acceptors (Lipinski definition) is 2. The highest BCUT2D eigenvalue weighted by molar-refractivity contribution is 7.50. The van der Waals surface area contributed by atoms with Crippen LogP contribution < -0.4 is 5.32 Å². The van der Waals surface area contributed by atoms with E-state index >= 15 is 0 Å². The summed E-state index contributed by atoms with van der Waals surface area (Å²) in [6.45, 7) is 0.796. The number of anilines is 1. The third-order valence-electron chi connectivity index (χ3n) is 2.71. The van der Waals surface area contributed by atoms with Crippen molar-refractivity contribution in [2.24, 2.45) is 0 Å². The zero-order valence-corrected chi connectivity index (χ0v) is 10.8. The van der Waals surface area contributed by atoms with Crippen molar-refractivity contribution in [2.45, 2.75) is 12.6 Å². The summed E-state index contributed by atoms with van der Waals surface area (Å²) in [5.74, 6) is 0. The summed E-state index contributed by atoms with van der Waals surface area (Å²) < 4.78 is 10.8. The SMILES string of the molecule is O=P(O)(O)Cc1ccc(NCC2=CC=CC2)cc1. The summed E-state index contributed by atoms with van der Waals surface area (Å²) in [5.41, 5.74) is 2.93. The van der Waals surface area contributed by atoms with Crippen LogP contribution in [0, 0.1) is 0 Å². The van der Waals surface area contributed by atoms with Gasteiger partial charge in [0.1, 0.15) is 0 Å². The number of allylic oxidation sites excluding steroid dienone is 3. The minimum Gasteiger partial charge on any atom is -0.381 e. The van der Waals surface area contributed by atoms with E-state index in [-0.39, 0.29) is 6.16 Å². The molecule has 1 aromatic carbocycles. The molecule has 96 valence electrons. The van der Waals surface area contributed by atoms with Crippen molar-refractivity contribution < 1.29 is 14.4 Å². The fraction of sp³-hybridized carbons (Fsp3) is 0.231. The van der Waals surface area contributed by atoms with Crippen LogP contribution in [-0.2, 0) is 10.7 Å². The van der Waals surface area contributed by atoms with Crippen LogP contribution in [-0.4, -0.2) is 16.3 Å². The van der Waals surface area contributed by atoms with Gasteiger partial charge >= 0.3 is 7.60 Å². The molecule has 1 aliphatic rings. The second-order valence-corrected chi connectivity index (χ2v) is 5.98. The van der Waals surface area contributed by atoms with Gasteiger partial charge in [-0.25, -0.2) is 0 Å². The van der Waals surface area contributed by atoms with Crippen molar-refractivity contribution >= 4 is 13.3 Å². The van der Waals surface area contributed by atoms with Crippen LogP contribution in [0.1, 0.15) is 12.0 Å². The van der Waals surface area contributed by atoms with Gasteiger partial charge in [0.25, 0.3) is 0 Å². The first kappa shape index (κ1) is 13.1. The van der Waals surface area contributed by atoms with Gasteiger partial charge in [-0.2, -0.15) is 0 Å². The molecule has 0 saturated heterocycles. The zero-order valence-electron chi connectivity index (χ0n) is 9.91. The normalized spacial score (nSPS) is 14.7. The topological polar surface area (TPSA) is 69.6 Å². The number of nitrogens with one attached hydrogen (secondary N) is 1. The summed E-state index contributed by atoms with van der Waals surface area (Å²) in [5, 5.41) is 3.27. The van der Waals surface area contributed by atoms with Gasteiger partial charge in [-0.15, -0.1) is 0 Å². The first-order valence-corrected chi connectivity index (χ1v) is 7.55. The fourth-order valence-corrected chi connectivity index (χ4v) is 2.49. The van der Waals surface area contributed by atoms with E-state index in [0.717, 1.165) is 18.7 Å². The largest absolute Gasteiger partial charge is 0.381 e. The summed E-state index contributed by atoms with van der Waals surface area (Å²) in [7, 11) is -3.97. The average molecular weight is 265 g/mol. The van der Waals surface area contributed by atoms with Crippen LogP contribution in [0.15, 0.2) is 48.1 Å². The highest BCUT2D eigenvalue weighted by Crippen LogP contribution is 2.39. The Kier molecular flexibility index (Phi) is 4.02. The van der Waals surface area contributed by atoms with Crippen LogP contribution in [0.25, 0.3) is 0 Å². The molecule has 0 fully saturated rings. The standard InChI is InChI=1S/C13H16NO3P/c15-18(16,17)10-12-5-7-13(8-6-12)14-9-11-3-1-2-4-11/h1-3,5-8,14H,4,9-10H2,(H2,15,16,17). The lowest BCUT2D eigenvalue weighted by Crippen LogP contribution is -2.03. The van der Waals surface area contributed by atoms with Gasteiger partial charge in [0.15, 0.2) is 0 Å². The molecule has 5 heteroatoms. The number of rotatable bonds is 5. The van der Waals surface area contributed by atoms with E-state index in [1.54, 1.807) is 12.1 Å². The third kappa shape index (κ3) is 4.15. The van der Waals surface area contributed by atoms with E-state index in [9.17, 15) is 4.57 Å². The molecule has 1 aliphatic carbocycles. The Hall–Kier alpha value is -1.35. The van der Waals surface area contributed by atoms with Crippen molar-refractivity contribution in [3.8, 4) is 0 Å². The Labute approximate surface area is 106 Å². The summed E-state index contributed by atoms with van der Waals surface area (Å²) in [6, 6.07) is 7.16. The van der Waals surface area contributed by atoms with Crippen molar-refractivity contribution in [1.29, 1.82) is 0 Å². The van der Waals surface area contributed by atoms with Crippen LogP contribution in [0.3, 0.4) is 0 Å². The first-order chi connectivity index (χ1) is 8.53. The van der Waals surface area contributed by atoms with Crippen LogP contribution in [0.4, 0.5) is 5.69 Å². The highest BCUT2D eigenvalue weighted by Gasteiger charge is 2.13. The molecule has 0 radical (unpaired) electrons. The molecule has 0 atom stereocenters. The highest BCUT2D eigenvalue weighted by atomic mass is 31.2. The van der Waals surface area contributed by atoms with Crippen LogP contribution in [0.2, 0.25) is 0 Å². The van der Waals surface area contributed by atoms with Crippen molar-refractivity contribution in [3.05, 3.63) is 53.6 Å². The van der Waals surface area contributed by atoms with Gasteiger partial charge in [0.05, 0.1) is 6.16 Å². The number of benzene rings is 1. The van der Waals surface area contributed by atoms with Gasteiger partial charge in [-0.1, -0.05) is 30.4 Å². The van der Waals surface area contributed by atoms with Crippen LogP contribution in [0.5, 0.6) is 0 Å². The van der Waals surface area contributed by atoms with Crippen molar-refractivity contribution in [3.63, 3.8) is 0 Å². The maximum Gasteiger partial charge on any atom is 0.329 e. The molecule has 0 unspecified atom stereocenters. The first-order valence-electron chi connectivity index (χ1n) is 5.75. The molecule has 2 rings (SSSR count). The molecule has 0 bridgehead atoms. The monoisotopic (exact) mass is 265 g/mol. The second kappa shape index (κ2) is 5.53. The summed E-state index contributed by atoms with van der Waals surface area (Å²) in [4.78, 5) is 17.7. The molecular weight excluding hydrogens is 249 g/mol. The average Bonchev–Trinajstić information content (AvgIpc) is 2.79. The van der Waals surface area contributed by atoms with E-state index in [1.807, 2.05) is 18.2 Å². The van der Waals surface area contributed by atoms with Crippen LogP contribution >= 0.6 is 7.60 Å². The van der Waals surface area contributed by atoms with E-state index in [1.165, 1.54) is 5.57 Å². The third-order valence-corrected chi connectivity index (χ3v) is 3.49. The Bertz CT molecular complexity index is 514. The molecule has 1 aromatic rings. The lowest BCUT2D eigenvalue weighted by atomic mass is 10.2. The predicted octanol–water partition coefficient (Wildman–Crippen LogP) is 2.66. The van der Waals surface area contributed by atoms with Gasteiger partial charge in [-0.05, 0) is 29.7 Å². The Balaban J connectivity index is 1.89. The predicted molar refractivity (Wildman–Crippen MR) is 72.5 cm³/mol. The molecule has 18 heavy (non-hydrogen) atoms. The van der Waals surface area contributed by atoms with E-state index in [2.05, 4.69) is 17.5 Å². The van der Waals surface area contributed by atoms with E-state index < -0.39 is 7.60 Å². The number of hydrogen-bond donors (Lipinski definition) is 3. The van der Waals surface area contributed by atoms with E-state index in [4.69, 9.17) is 9.79 Å². The molecule has 3 N–H and O–H groups in total. The summed E-state index contributed by atoms with van der Waals surface area (Å²) >= 11 is 0. The molecule has 0 saturated carbocycles. The minimum atomic E-state index is -3.97. The Morgan fingerprint density at radius 3 is 2.50 bits per heavy atom. The van der Waals surface area contributed by atoms with E-state index in [0.29, 0.717) is 5.56 Å². The zero-order chi connectivity index (χ0) is 13.0. The van der Waals surface area contributed by atoms with Crippen molar-refractivity contribution in [1.82, 2.24) is 0 Å². The molecule has 4 nitrogen and oxygen atoms in total. The Morgan fingerprint density at radius 1 is 1.22 bits per heavy atom. The maximum absolute atomic E-state index is 10.8. The maximum atomic E-state index is 10.8. The smallest absolute Gasteiger partial charge is 0.329 e. The molecule has 0 aromatic heterocycles. The molecule has 0 aliphatic heterocycles. The van der Waals surface area contributed by atoms with Gasteiger partial charge in [0.2, 0.25) is 0 Å². The lowest BCUT2D eigenvalue weighted by Gasteiger charge is -2.08. The Morgan fingerprint density at radius 2 is 1.94 bits per heavy atom. The van der Waals surface area contributed by atoms with Crippen molar-refractivity contribution in [2.75, 3.05) is 11.9 Å². The molecule has 0 spiro atoms. The molecular formula is C13H16NO3P. The van der Waals surface area contributed by atoms with Gasteiger partial charge in [-0.3, -0.25) is 4.57 Å². The minimum absolute atomic E-state index is 0.206.